The molecule has 6 nitrogen and oxygen atoms in total. The lowest BCUT2D eigenvalue weighted by atomic mass is 9.44. The van der Waals surface area contributed by atoms with Crippen LogP contribution in [-0.4, -0.2) is 42.5 Å². The van der Waals surface area contributed by atoms with Gasteiger partial charge in [-0.15, -0.1) is 0 Å². The predicted molar refractivity (Wildman–Crippen MR) is 122 cm³/mol. The molecule has 4 aliphatic rings. The van der Waals surface area contributed by atoms with Crippen LogP contribution in [0.4, 0.5) is 0 Å². The van der Waals surface area contributed by atoms with E-state index in [-0.39, 0.29) is 46.6 Å². The van der Waals surface area contributed by atoms with E-state index in [1.54, 1.807) is 0 Å². The Bertz CT molecular complexity index is 826. The number of rotatable bonds is 5. The monoisotopic (exact) mass is 470 g/mol. The Kier molecular flexibility index (Phi) is 6.52. The van der Waals surface area contributed by atoms with Crippen LogP contribution in [0, 0.1) is 46.3 Å². The molecule has 0 aromatic rings. The summed E-state index contributed by atoms with van der Waals surface area (Å²) in [6.07, 6.45) is 7.87. The van der Waals surface area contributed by atoms with Crippen LogP contribution >= 0.6 is 0 Å². The minimum absolute atomic E-state index is 0.0157. The largest absolute Gasteiger partial charge is 0.469 e. The Morgan fingerprint density at radius 1 is 1.06 bits per heavy atom. The molecule has 0 aliphatic heterocycles. The van der Waals surface area contributed by atoms with Crippen LogP contribution in [-0.2, 0) is 19.6 Å². The summed E-state index contributed by atoms with van der Waals surface area (Å²) in [7, 11) is -2.73. The van der Waals surface area contributed by atoms with Crippen molar-refractivity contribution in [2.75, 3.05) is 7.11 Å². The lowest BCUT2D eigenvalue weighted by Gasteiger charge is -2.62. The summed E-state index contributed by atoms with van der Waals surface area (Å²) < 4.78 is 40.5. The first-order valence-electron chi connectivity index (χ1n) is 12.6. The highest BCUT2D eigenvalue weighted by Crippen LogP contribution is 2.69. The molecule has 0 aromatic carbocycles. The fourth-order valence-electron chi connectivity index (χ4n) is 9.12. The van der Waals surface area contributed by atoms with Gasteiger partial charge in [0.25, 0.3) is 10.1 Å². The molecule has 10 atom stereocenters. The van der Waals surface area contributed by atoms with Crippen molar-refractivity contribution in [3.8, 4) is 0 Å². The van der Waals surface area contributed by atoms with E-state index in [4.69, 9.17) is 4.74 Å². The van der Waals surface area contributed by atoms with Crippen LogP contribution in [0.25, 0.3) is 0 Å². The molecule has 0 saturated heterocycles. The molecule has 4 fully saturated rings. The Labute approximate surface area is 193 Å². The Morgan fingerprint density at radius 2 is 1.72 bits per heavy atom. The molecule has 0 spiro atoms. The number of esters is 1. The van der Waals surface area contributed by atoms with Crippen molar-refractivity contribution >= 4 is 16.1 Å². The van der Waals surface area contributed by atoms with E-state index < -0.39 is 15.4 Å². The van der Waals surface area contributed by atoms with E-state index in [0.717, 1.165) is 44.9 Å². The molecular weight excluding hydrogens is 428 g/mol. The highest BCUT2D eigenvalue weighted by Gasteiger charge is 2.64. The van der Waals surface area contributed by atoms with Crippen LogP contribution in [0.15, 0.2) is 0 Å². The summed E-state index contributed by atoms with van der Waals surface area (Å²) in [4.78, 5) is 11.7. The van der Waals surface area contributed by atoms with Crippen molar-refractivity contribution in [1.82, 2.24) is 0 Å². The fourth-order valence-corrected chi connectivity index (χ4v) is 10.4. The van der Waals surface area contributed by atoms with Crippen molar-refractivity contribution in [2.45, 2.75) is 96.3 Å². The molecule has 7 heteroatoms. The standard InChI is InChI=1S/C25H42O6S/c1-15(5-8-22(27)31-4)18-6-7-19-23-20(10-12-25(18,19)3)24(2)11-9-17(26)13-16(24)14-21(23)32(28,29)30/h15-21,23,26H,5-14H2,1-4H3,(H,28,29,30)/t15-,16+,17-,18-,19?,20?,21-,23+,24+,25-/m1/s1. The van der Waals surface area contributed by atoms with E-state index in [0.29, 0.717) is 31.1 Å². The number of aliphatic hydroxyl groups excluding tert-OH is 1. The molecule has 0 radical (unpaired) electrons. The van der Waals surface area contributed by atoms with Gasteiger partial charge in [-0.2, -0.15) is 8.42 Å². The van der Waals surface area contributed by atoms with Gasteiger partial charge in [-0.05, 0) is 104 Å². The molecule has 4 rings (SSSR count). The highest BCUT2D eigenvalue weighted by atomic mass is 32.2. The van der Waals surface area contributed by atoms with Gasteiger partial charge in [0.2, 0.25) is 0 Å². The first-order chi connectivity index (χ1) is 14.9. The molecular formula is C25H42O6S. The molecule has 0 amide bonds. The zero-order valence-corrected chi connectivity index (χ0v) is 20.9. The quantitative estimate of drug-likeness (QED) is 0.454. The van der Waals surface area contributed by atoms with E-state index in [9.17, 15) is 22.9 Å². The predicted octanol–water partition coefficient (Wildman–Crippen LogP) is 4.46. The van der Waals surface area contributed by atoms with E-state index in [1.165, 1.54) is 7.11 Å². The van der Waals surface area contributed by atoms with Gasteiger partial charge >= 0.3 is 5.97 Å². The molecule has 0 aromatic heterocycles. The summed E-state index contributed by atoms with van der Waals surface area (Å²) in [5.41, 5.74) is 0.0814. The van der Waals surface area contributed by atoms with E-state index >= 15 is 0 Å². The highest BCUT2D eigenvalue weighted by molar-refractivity contribution is 7.86. The van der Waals surface area contributed by atoms with Gasteiger partial charge in [-0.1, -0.05) is 20.8 Å². The molecule has 0 heterocycles. The first kappa shape index (κ1) is 24.5. The van der Waals surface area contributed by atoms with Crippen molar-refractivity contribution in [3.05, 3.63) is 0 Å². The summed E-state index contributed by atoms with van der Waals surface area (Å²) in [5, 5.41) is 9.58. The second-order valence-electron chi connectivity index (χ2n) is 12.0. The zero-order chi connectivity index (χ0) is 23.5. The summed E-state index contributed by atoms with van der Waals surface area (Å²) in [6.45, 7) is 6.91. The maximum Gasteiger partial charge on any atom is 0.305 e. The molecule has 4 aliphatic carbocycles. The smallest absolute Gasteiger partial charge is 0.305 e. The van der Waals surface area contributed by atoms with Gasteiger partial charge in [0.1, 0.15) is 0 Å². The maximum atomic E-state index is 12.7. The third-order valence-corrected chi connectivity index (χ3v) is 12.1. The molecule has 2 N–H and O–H groups in total. The van der Waals surface area contributed by atoms with Gasteiger partial charge in [-0.3, -0.25) is 9.35 Å². The zero-order valence-electron chi connectivity index (χ0n) is 20.1. The van der Waals surface area contributed by atoms with Crippen molar-refractivity contribution in [2.24, 2.45) is 46.3 Å². The lowest BCUT2D eigenvalue weighted by molar-refractivity contribution is -0.141. The Hall–Kier alpha value is -0.660. The van der Waals surface area contributed by atoms with Gasteiger partial charge in [0.05, 0.1) is 18.5 Å². The third kappa shape index (κ3) is 3.94. The molecule has 4 saturated carbocycles. The molecule has 184 valence electrons. The topological polar surface area (TPSA) is 101 Å². The van der Waals surface area contributed by atoms with Gasteiger partial charge < -0.3 is 9.84 Å². The number of fused-ring (bicyclic) bond motifs is 5. The number of ether oxygens (including phenoxy) is 1. The average Bonchev–Trinajstić information content (AvgIpc) is 3.08. The Morgan fingerprint density at radius 3 is 2.38 bits per heavy atom. The number of hydrogen-bond acceptors (Lipinski definition) is 5. The first-order valence-corrected chi connectivity index (χ1v) is 14.1. The second-order valence-corrected chi connectivity index (χ2v) is 13.7. The minimum Gasteiger partial charge on any atom is -0.469 e. The Balaban J connectivity index is 1.63. The number of hydrogen-bond donors (Lipinski definition) is 2. The van der Waals surface area contributed by atoms with Crippen molar-refractivity contribution in [3.63, 3.8) is 0 Å². The second kappa shape index (κ2) is 8.53. The van der Waals surface area contributed by atoms with Crippen LogP contribution in [0.1, 0.15) is 85.0 Å². The number of carbonyl (C=O) groups excluding carboxylic acids is 1. The van der Waals surface area contributed by atoms with E-state index in [1.807, 2.05) is 0 Å². The van der Waals surface area contributed by atoms with Gasteiger partial charge in [0.15, 0.2) is 0 Å². The van der Waals surface area contributed by atoms with Crippen molar-refractivity contribution in [1.29, 1.82) is 0 Å². The fraction of sp³-hybridized carbons (Fsp3) is 0.960. The van der Waals surface area contributed by atoms with Crippen molar-refractivity contribution < 1.29 is 27.6 Å². The van der Waals surface area contributed by atoms with E-state index in [2.05, 4.69) is 20.8 Å². The van der Waals surface area contributed by atoms with Gasteiger partial charge in [0, 0.05) is 6.42 Å². The maximum absolute atomic E-state index is 12.7. The summed E-state index contributed by atoms with van der Waals surface area (Å²) >= 11 is 0. The van der Waals surface area contributed by atoms with Crippen LogP contribution < -0.4 is 0 Å². The number of carbonyl (C=O) groups is 1. The average molecular weight is 471 g/mol. The minimum atomic E-state index is -4.16. The SMILES string of the molecule is COC(=O)CC[C@@H](C)[C@H]1CCC2[C@H]3C(CC[C@@]21C)[C@@]1(C)CC[C@@H](O)C[C@H]1C[C@H]3S(=O)(=O)O. The normalized spacial score (nSPS) is 47.1. The molecule has 0 bridgehead atoms. The van der Waals surface area contributed by atoms with Crippen LogP contribution in [0.5, 0.6) is 0 Å². The number of aliphatic hydroxyl groups is 1. The summed E-state index contributed by atoms with van der Waals surface area (Å²) in [5.74, 6) is 1.36. The van der Waals surface area contributed by atoms with Crippen LogP contribution in [0.3, 0.4) is 0 Å². The number of methoxy groups -OCH3 is 1. The lowest BCUT2D eigenvalue weighted by Crippen LogP contribution is -2.60. The summed E-state index contributed by atoms with van der Waals surface area (Å²) in [6, 6.07) is 0. The van der Waals surface area contributed by atoms with Gasteiger partial charge in [-0.25, -0.2) is 0 Å². The molecule has 32 heavy (non-hydrogen) atoms. The third-order valence-electron chi connectivity index (χ3n) is 10.8. The molecule has 2 unspecified atom stereocenters. The van der Waals surface area contributed by atoms with Crippen LogP contribution in [0.2, 0.25) is 0 Å².